The van der Waals surface area contributed by atoms with Crippen molar-refractivity contribution in [2.24, 2.45) is 11.8 Å². The zero-order valence-electron chi connectivity index (χ0n) is 11.0. The van der Waals surface area contributed by atoms with Crippen molar-refractivity contribution < 1.29 is 0 Å². The normalized spacial score (nSPS) is 29.2. The zero-order valence-corrected chi connectivity index (χ0v) is 11.0. The van der Waals surface area contributed by atoms with Gasteiger partial charge in [0, 0.05) is 18.4 Å². The van der Waals surface area contributed by atoms with Gasteiger partial charge in [-0.25, -0.2) is 0 Å². The average Bonchev–Trinajstić information content (AvgIpc) is 2.34. The van der Waals surface area contributed by atoms with Gasteiger partial charge in [0.2, 0.25) is 0 Å². The molecule has 0 radical (unpaired) electrons. The Hall–Kier alpha value is -0.890. The third-order valence-corrected chi connectivity index (χ3v) is 4.09. The lowest BCUT2D eigenvalue weighted by Crippen LogP contribution is -2.43. The summed E-state index contributed by atoms with van der Waals surface area (Å²) in [5, 5.41) is 3.75. The Morgan fingerprint density at radius 1 is 1.18 bits per heavy atom. The van der Waals surface area contributed by atoms with Crippen molar-refractivity contribution in [3.8, 4) is 0 Å². The van der Waals surface area contributed by atoms with E-state index in [4.69, 9.17) is 0 Å². The number of hydrogen-bond donors (Lipinski definition) is 1. The van der Waals surface area contributed by atoms with Gasteiger partial charge in [0.1, 0.15) is 0 Å². The zero-order chi connectivity index (χ0) is 12.1. The van der Waals surface area contributed by atoms with Crippen molar-refractivity contribution in [3.05, 3.63) is 30.1 Å². The first-order chi connectivity index (χ1) is 8.27. The summed E-state index contributed by atoms with van der Waals surface area (Å²) in [5.74, 6) is 1.66. The molecule has 94 valence electrons. The predicted octanol–water partition coefficient (Wildman–Crippen LogP) is 3.04. The highest BCUT2D eigenvalue weighted by atomic mass is 14.9. The second kappa shape index (κ2) is 6.15. The minimum atomic E-state index is 0.714. The number of pyridine rings is 1. The van der Waals surface area contributed by atoms with Gasteiger partial charge >= 0.3 is 0 Å². The highest BCUT2D eigenvalue weighted by molar-refractivity contribution is 5.09. The molecule has 1 aliphatic rings. The van der Waals surface area contributed by atoms with Gasteiger partial charge in [-0.3, -0.25) is 4.98 Å². The Labute approximate surface area is 105 Å². The lowest BCUT2D eigenvalue weighted by molar-refractivity contribution is 0.210. The highest BCUT2D eigenvalue weighted by Crippen LogP contribution is 2.28. The van der Waals surface area contributed by atoms with Crippen LogP contribution in [-0.2, 0) is 6.42 Å². The maximum atomic E-state index is 4.05. The molecule has 1 heterocycles. The van der Waals surface area contributed by atoms with Crippen molar-refractivity contribution in [3.63, 3.8) is 0 Å². The molecule has 0 aliphatic heterocycles. The van der Waals surface area contributed by atoms with Crippen LogP contribution >= 0.6 is 0 Å². The van der Waals surface area contributed by atoms with E-state index in [0.717, 1.165) is 24.8 Å². The summed E-state index contributed by atoms with van der Waals surface area (Å²) in [7, 11) is 0. The van der Waals surface area contributed by atoms with E-state index in [9.17, 15) is 0 Å². The summed E-state index contributed by atoms with van der Waals surface area (Å²) in [6.07, 6.45) is 9.04. The van der Waals surface area contributed by atoms with Crippen molar-refractivity contribution in [2.45, 2.75) is 45.6 Å². The number of nitrogens with one attached hydrogen (secondary N) is 1. The molecule has 17 heavy (non-hydrogen) atoms. The summed E-state index contributed by atoms with van der Waals surface area (Å²) in [5.41, 5.74) is 1.38. The fraction of sp³-hybridized carbons (Fsp3) is 0.667. The summed E-state index contributed by atoms with van der Waals surface area (Å²) in [4.78, 5) is 4.05. The summed E-state index contributed by atoms with van der Waals surface area (Å²) in [6.45, 7) is 5.86. The van der Waals surface area contributed by atoms with Crippen molar-refractivity contribution >= 4 is 0 Å². The summed E-state index contributed by atoms with van der Waals surface area (Å²) >= 11 is 0. The molecule has 2 heteroatoms. The van der Waals surface area contributed by atoms with Gasteiger partial charge in [0.25, 0.3) is 0 Å². The summed E-state index contributed by atoms with van der Waals surface area (Å²) in [6, 6.07) is 4.93. The standard InChI is InChI=1S/C15H24N2/c1-12-4-3-5-13(2)15(12)17-11-8-14-6-9-16-10-7-14/h6-7,9-10,12-13,15,17H,3-5,8,11H2,1-2H3. The second-order valence-electron chi connectivity index (χ2n) is 5.47. The molecule has 2 nitrogen and oxygen atoms in total. The van der Waals surface area contributed by atoms with E-state index in [1.165, 1.54) is 24.8 Å². The van der Waals surface area contributed by atoms with Crippen LogP contribution in [0.4, 0.5) is 0 Å². The Balaban J connectivity index is 1.77. The van der Waals surface area contributed by atoms with E-state index in [-0.39, 0.29) is 0 Å². The molecule has 1 aliphatic carbocycles. The molecule has 1 N–H and O–H groups in total. The molecule has 0 spiro atoms. The van der Waals surface area contributed by atoms with Crippen LogP contribution < -0.4 is 5.32 Å². The number of aromatic nitrogens is 1. The topological polar surface area (TPSA) is 24.9 Å². The quantitative estimate of drug-likeness (QED) is 0.863. The van der Waals surface area contributed by atoms with Crippen molar-refractivity contribution in [2.75, 3.05) is 6.54 Å². The van der Waals surface area contributed by atoms with Gasteiger partial charge in [-0.05, 0) is 55.3 Å². The van der Waals surface area contributed by atoms with Crippen LogP contribution in [0, 0.1) is 11.8 Å². The third kappa shape index (κ3) is 3.53. The smallest absolute Gasteiger partial charge is 0.0270 e. The molecule has 0 bridgehead atoms. The van der Waals surface area contributed by atoms with E-state index in [0.29, 0.717) is 6.04 Å². The van der Waals surface area contributed by atoms with Gasteiger partial charge in [-0.1, -0.05) is 20.3 Å². The lowest BCUT2D eigenvalue weighted by Gasteiger charge is -2.35. The molecule has 1 aromatic rings. The van der Waals surface area contributed by atoms with E-state index in [1.54, 1.807) is 0 Å². The minimum Gasteiger partial charge on any atom is -0.313 e. The van der Waals surface area contributed by atoms with Crippen molar-refractivity contribution in [1.82, 2.24) is 10.3 Å². The molecule has 0 saturated heterocycles. The fourth-order valence-electron chi connectivity index (χ4n) is 3.02. The van der Waals surface area contributed by atoms with Crippen molar-refractivity contribution in [1.29, 1.82) is 0 Å². The third-order valence-electron chi connectivity index (χ3n) is 4.09. The number of rotatable bonds is 4. The van der Waals surface area contributed by atoms with Gasteiger partial charge in [-0.2, -0.15) is 0 Å². The van der Waals surface area contributed by atoms with Crippen LogP contribution in [0.3, 0.4) is 0 Å². The molecule has 2 unspecified atom stereocenters. The largest absolute Gasteiger partial charge is 0.313 e. The molecular formula is C15H24N2. The first-order valence-electron chi connectivity index (χ1n) is 6.89. The molecule has 1 saturated carbocycles. The Bertz CT molecular complexity index is 313. The molecule has 0 aromatic carbocycles. The molecule has 1 fully saturated rings. The molecular weight excluding hydrogens is 208 g/mol. The summed E-state index contributed by atoms with van der Waals surface area (Å²) < 4.78 is 0. The first-order valence-corrected chi connectivity index (χ1v) is 6.89. The van der Waals surface area contributed by atoms with E-state index in [2.05, 4.69) is 36.3 Å². The Kier molecular flexibility index (Phi) is 4.55. The van der Waals surface area contributed by atoms with Crippen LogP contribution in [0.5, 0.6) is 0 Å². The molecule has 1 aromatic heterocycles. The average molecular weight is 232 g/mol. The fourth-order valence-corrected chi connectivity index (χ4v) is 3.02. The number of nitrogens with zero attached hydrogens (tertiary/aromatic N) is 1. The monoisotopic (exact) mass is 232 g/mol. The van der Waals surface area contributed by atoms with Crippen LogP contribution in [0.15, 0.2) is 24.5 Å². The maximum Gasteiger partial charge on any atom is 0.0270 e. The van der Waals surface area contributed by atoms with Gasteiger partial charge in [0.15, 0.2) is 0 Å². The van der Waals surface area contributed by atoms with E-state index >= 15 is 0 Å². The second-order valence-corrected chi connectivity index (χ2v) is 5.47. The van der Waals surface area contributed by atoms with Crippen LogP contribution in [0.1, 0.15) is 38.7 Å². The van der Waals surface area contributed by atoms with E-state index in [1.807, 2.05) is 12.4 Å². The van der Waals surface area contributed by atoms with E-state index < -0.39 is 0 Å². The van der Waals surface area contributed by atoms with Gasteiger partial charge in [-0.15, -0.1) is 0 Å². The lowest BCUT2D eigenvalue weighted by atomic mass is 9.79. The first kappa shape index (κ1) is 12.6. The maximum absolute atomic E-state index is 4.05. The highest BCUT2D eigenvalue weighted by Gasteiger charge is 2.26. The molecule has 0 amide bonds. The predicted molar refractivity (Wildman–Crippen MR) is 71.9 cm³/mol. The molecule has 2 rings (SSSR count). The molecule has 2 atom stereocenters. The van der Waals surface area contributed by atoms with Crippen LogP contribution in [0.25, 0.3) is 0 Å². The van der Waals surface area contributed by atoms with Crippen LogP contribution in [0.2, 0.25) is 0 Å². The van der Waals surface area contributed by atoms with Crippen LogP contribution in [-0.4, -0.2) is 17.6 Å². The SMILES string of the molecule is CC1CCCC(C)C1NCCc1ccncc1. The minimum absolute atomic E-state index is 0.714. The van der Waals surface area contributed by atoms with Gasteiger partial charge < -0.3 is 5.32 Å². The Morgan fingerprint density at radius 3 is 2.47 bits per heavy atom. The number of hydrogen-bond acceptors (Lipinski definition) is 2. The Morgan fingerprint density at radius 2 is 1.82 bits per heavy atom. The van der Waals surface area contributed by atoms with Gasteiger partial charge in [0.05, 0.1) is 0 Å².